The van der Waals surface area contributed by atoms with Crippen LogP contribution in [0.5, 0.6) is 0 Å². The Morgan fingerprint density at radius 1 is 1.29 bits per heavy atom. The van der Waals surface area contributed by atoms with E-state index in [-0.39, 0.29) is 0 Å². The van der Waals surface area contributed by atoms with E-state index >= 15 is 0 Å². The summed E-state index contributed by atoms with van der Waals surface area (Å²) < 4.78 is 1.84. The van der Waals surface area contributed by atoms with Gasteiger partial charge in [-0.25, -0.2) is 0 Å². The third-order valence-electron chi connectivity index (χ3n) is 2.43. The fourth-order valence-corrected chi connectivity index (χ4v) is 2.70. The van der Waals surface area contributed by atoms with Gasteiger partial charge in [0.05, 0.1) is 16.3 Å². The Morgan fingerprint density at radius 3 is 2.65 bits per heavy atom. The van der Waals surface area contributed by atoms with Crippen molar-refractivity contribution >= 4 is 11.8 Å². The van der Waals surface area contributed by atoms with Crippen LogP contribution in [0, 0.1) is 25.2 Å². The molecule has 0 saturated heterocycles. The molecule has 0 bridgehead atoms. The molecule has 86 valence electrons. The second-order valence-corrected chi connectivity index (χ2v) is 5.02. The summed E-state index contributed by atoms with van der Waals surface area (Å²) in [6, 6.07) is 10.1. The maximum Gasteiger partial charge on any atom is 0.100 e. The van der Waals surface area contributed by atoms with E-state index in [1.165, 1.54) is 0 Å². The number of nitrogens with zero attached hydrogens (tertiary/aromatic N) is 3. The van der Waals surface area contributed by atoms with Gasteiger partial charge in [0.2, 0.25) is 0 Å². The standard InChI is InChI=1S/C13H13N3S/c1-9-4-5-11(8-14)12(6-9)17-13-7-10(2)15-16(13)3/h4-7H,1-3H3. The molecule has 0 amide bonds. The van der Waals surface area contributed by atoms with Crippen LogP contribution in [0.4, 0.5) is 0 Å². The van der Waals surface area contributed by atoms with Crippen LogP contribution in [0.15, 0.2) is 34.2 Å². The number of aryl methyl sites for hydroxylation is 3. The molecule has 1 heterocycles. The minimum absolute atomic E-state index is 0.708. The molecule has 1 aromatic carbocycles. The second kappa shape index (κ2) is 4.64. The van der Waals surface area contributed by atoms with Crippen LogP contribution in [-0.4, -0.2) is 9.78 Å². The van der Waals surface area contributed by atoms with Crippen molar-refractivity contribution in [2.45, 2.75) is 23.8 Å². The van der Waals surface area contributed by atoms with Crippen LogP contribution in [0.1, 0.15) is 16.8 Å². The van der Waals surface area contributed by atoms with Crippen molar-refractivity contribution < 1.29 is 0 Å². The van der Waals surface area contributed by atoms with E-state index in [9.17, 15) is 0 Å². The molecule has 4 heteroatoms. The zero-order valence-electron chi connectivity index (χ0n) is 10.1. The predicted molar refractivity (Wildman–Crippen MR) is 68.0 cm³/mol. The lowest BCUT2D eigenvalue weighted by atomic mass is 10.2. The first-order valence-electron chi connectivity index (χ1n) is 5.29. The lowest BCUT2D eigenvalue weighted by Crippen LogP contribution is -1.93. The minimum Gasteiger partial charge on any atom is -0.262 e. The normalized spacial score (nSPS) is 10.2. The molecule has 0 unspecified atom stereocenters. The fourth-order valence-electron chi connectivity index (χ4n) is 1.60. The van der Waals surface area contributed by atoms with Crippen LogP contribution >= 0.6 is 11.8 Å². The molecule has 0 saturated carbocycles. The highest BCUT2D eigenvalue weighted by Gasteiger charge is 2.08. The van der Waals surface area contributed by atoms with Gasteiger partial charge in [-0.1, -0.05) is 17.8 Å². The molecule has 0 aliphatic carbocycles. The summed E-state index contributed by atoms with van der Waals surface area (Å²) in [5.41, 5.74) is 2.85. The molecule has 1 aromatic heterocycles. The van der Waals surface area contributed by atoms with Crippen molar-refractivity contribution in [2.24, 2.45) is 7.05 Å². The van der Waals surface area contributed by atoms with E-state index < -0.39 is 0 Å². The Hall–Kier alpha value is -1.73. The average molecular weight is 243 g/mol. The highest BCUT2D eigenvalue weighted by atomic mass is 32.2. The smallest absolute Gasteiger partial charge is 0.100 e. The molecule has 0 spiro atoms. The van der Waals surface area contributed by atoms with E-state index in [0.29, 0.717) is 5.56 Å². The number of hydrogen-bond donors (Lipinski definition) is 0. The molecule has 17 heavy (non-hydrogen) atoms. The summed E-state index contributed by atoms with van der Waals surface area (Å²) in [5.74, 6) is 0. The van der Waals surface area contributed by atoms with Crippen LogP contribution in [0.3, 0.4) is 0 Å². The highest BCUT2D eigenvalue weighted by Crippen LogP contribution is 2.31. The maximum absolute atomic E-state index is 9.08. The van der Waals surface area contributed by atoms with Crippen LogP contribution in [0.25, 0.3) is 0 Å². The van der Waals surface area contributed by atoms with Crippen LogP contribution < -0.4 is 0 Å². The maximum atomic E-state index is 9.08. The van der Waals surface area contributed by atoms with Gasteiger partial charge in [0.15, 0.2) is 0 Å². The number of benzene rings is 1. The highest BCUT2D eigenvalue weighted by molar-refractivity contribution is 7.99. The van der Waals surface area contributed by atoms with Gasteiger partial charge in [0.25, 0.3) is 0 Å². The van der Waals surface area contributed by atoms with E-state index in [0.717, 1.165) is 21.2 Å². The van der Waals surface area contributed by atoms with Crippen LogP contribution in [-0.2, 0) is 7.05 Å². The average Bonchev–Trinajstić information content (AvgIpc) is 2.58. The summed E-state index contributed by atoms with van der Waals surface area (Å²) in [6.07, 6.45) is 0. The summed E-state index contributed by atoms with van der Waals surface area (Å²) in [5, 5.41) is 14.4. The number of nitriles is 1. The third kappa shape index (κ3) is 2.51. The van der Waals surface area contributed by atoms with Gasteiger partial charge in [-0.15, -0.1) is 0 Å². The van der Waals surface area contributed by atoms with E-state index in [4.69, 9.17) is 5.26 Å². The summed E-state index contributed by atoms with van der Waals surface area (Å²) in [4.78, 5) is 0.982. The predicted octanol–water partition coefficient (Wildman–Crippen LogP) is 3.06. The molecular weight excluding hydrogens is 230 g/mol. The lowest BCUT2D eigenvalue weighted by molar-refractivity contribution is 0.692. The molecule has 0 aliphatic rings. The molecule has 0 radical (unpaired) electrons. The molecule has 2 rings (SSSR count). The molecule has 0 aliphatic heterocycles. The topological polar surface area (TPSA) is 41.6 Å². The third-order valence-corrected chi connectivity index (χ3v) is 3.58. The molecule has 0 N–H and O–H groups in total. The summed E-state index contributed by atoms with van der Waals surface area (Å²) >= 11 is 1.58. The first-order chi connectivity index (χ1) is 8.10. The van der Waals surface area contributed by atoms with Gasteiger partial charge in [-0.2, -0.15) is 10.4 Å². The zero-order chi connectivity index (χ0) is 12.4. The van der Waals surface area contributed by atoms with Crippen molar-refractivity contribution in [3.8, 4) is 6.07 Å². The Kier molecular flexibility index (Phi) is 3.21. The van der Waals surface area contributed by atoms with Gasteiger partial charge in [0, 0.05) is 11.9 Å². The first-order valence-corrected chi connectivity index (χ1v) is 6.11. The van der Waals surface area contributed by atoms with Gasteiger partial charge >= 0.3 is 0 Å². The first kappa shape index (κ1) is 11.7. The Bertz CT molecular complexity index is 593. The lowest BCUT2D eigenvalue weighted by Gasteiger charge is -2.05. The van der Waals surface area contributed by atoms with E-state index in [1.807, 2.05) is 49.8 Å². The monoisotopic (exact) mass is 243 g/mol. The summed E-state index contributed by atoms with van der Waals surface area (Å²) in [7, 11) is 1.91. The zero-order valence-corrected chi connectivity index (χ0v) is 10.9. The van der Waals surface area contributed by atoms with Crippen molar-refractivity contribution in [2.75, 3.05) is 0 Å². The largest absolute Gasteiger partial charge is 0.262 e. The molecule has 2 aromatic rings. The quantitative estimate of drug-likeness (QED) is 0.814. The minimum atomic E-state index is 0.708. The Morgan fingerprint density at radius 2 is 2.06 bits per heavy atom. The Labute approximate surface area is 105 Å². The second-order valence-electron chi connectivity index (χ2n) is 3.96. The number of hydrogen-bond acceptors (Lipinski definition) is 3. The van der Waals surface area contributed by atoms with Gasteiger partial charge in [-0.3, -0.25) is 4.68 Å². The van der Waals surface area contributed by atoms with Crippen molar-refractivity contribution in [1.82, 2.24) is 9.78 Å². The van der Waals surface area contributed by atoms with E-state index in [2.05, 4.69) is 11.2 Å². The summed E-state index contributed by atoms with van der Waals surface area (Å²) in [6.45, 7) is 3.99. The number of rotatable bonds is 2. The Balaban J connectivity index is 2.39. The van der Waals surface area contributed by atoms with Gasteiger partial charge in [0.1, 0.15) is 6.07 Å². The molecule has 0 atom stereocenters. The number of aromatic nitrogens is 2. The van der Waals surface area contributed by atoms with Crippen molar-refractivity contribution in [3.05, 3.63) is 41.1 Å². The van der Waals surface area contributed by atoms with Crippen molar-refractivity contribution in [1.29, 1.82) is 5.26 Å². The van der Waals surface area contributed by atoms with Gasteiger partial charge < -0.3 is 0 Å². The van der Waals surface area contributed by atoms with E-state index in [1.54, 1.807) is 11.8 Å². The molecule has 0 fully saturated rings. The molecule has 3 nitrogen and oxygen atoms in total. The van der Waals surface area contributed by atoms with Crippen LogP contribution in [0.2, 0.25) is 0 Å². The fraction of sp³-hybridized carbons (Fsp3) is 0.231. The van der Waals surface area contributed by atoms with Crippen molar-refractivity contribution in [3.63, 3.8) is 0 Å². The molecular formula is C13H13N3S. The SMILES string of the molecule is Cc1ccc(C#N)c(Sc2cc(C)nn2C)c1. The van der Waals surface area contributed by atoms with Gasteiger partial charge in [-0.05, 0) is 37.6 Å².